The van der Waals surface area contributed by atoms with E-state index in [1.807, 2.05) is 30.3 Å². The van der Waals surface area contributed by atoms with E-state index in [4.69, 9.17) is 21.7 Å². The summed E-state index contributed by atoms with van der Waals surface area (Å²) in [6.07, 6.45) is 2.20. The molecular weight excluding hydrogens is 438 g/mol. The lowest BCUT2D eigenvalue weighted by Crippen LogP contribution is -2.47. The van der Waals surface area contributed by atoms with Crippen molar-refractivity contribution in [2.45, 2.75) is 25.4 Å². The van der Waals surface area contributed by atoms with Crippen LogP contribution in [0.2, 0.25) is 0 Å². The number of piperidine rings is 1. The number of hydrogen-bond donors (Lipinski definition) is 1. The Kier molecular flexibility index (Phi) is 6.04. The van der Waals surface area contributed by atoms with Gasteiger partial charge in [-0.25, -0.2) is 0 Å². The summed E-state index contributed by atoms with van der Waals surface area (Å²) < 4.78 is 12.0. The van der Waals surface area contributed by atoms with Crippen LogP contribution in [0.4, 0.5) is 5.69 Å². The van der Waals surface area contributed by atoms with Crippen molar-refractivity contribution in [1.82, 2.24) is 9.80 Å². The molecule has 5 nitrogen and oxygen atoms in total. The van der Waals surface area contributed by atoms with Crippen LogP contribution in [0.25, 0.3) is 0 Å². The molecule has 0 aliphatic carbocycles. The Hall–Kier alpha value is -1.83. The minimum Gasteiger partial charge on any atom is -0.454 e. The maximum absolute atomic E-state index is 5.83. The van der Waals surface area contributed by atoms with Crippen LogP contribution in [-0.4, -0.2) is 47.9 Å². The topological polar surface area (TPSA) is 37.0 Å². The van der Waals surface area contributed by atoms with Gasteiger partial charge in [-0.3, -0.25) is 0 Å². The van der Waals surface area contributed by atoms with Crippen LogP contribution in [0.3, 0.4) is 0 Å². The van der Waals surface area contributed by atoms with Crippen LogP contribution in [0.15, 0.2) is 46.9 Å². The number of fused-ring (bicyclic) bond motifs is 1. The van der Waals surface area contributed by atoms with E-state index in [9.17, 15) is 0 Å². The summed E-state index contributed by atoms with van der Waals surface area (Å²) in [5.74, 6) is 1.62. The van der Waals surface area contributed by atoms with Crippen molar-refractivity contribution < 1.29 is 9.47 Å². The number of ether oxygens (including phenoxy) is 2. The molecule has 0 saturated carbocycles. The molecule has 0 bridgehead atoms. The largest absolute Gasteiger partial charge is 0.454 e. The fourth-order valence-electron chi connectivity index (χ4n) is 3.64. The molecule has 2 aliphatic rings. The second-order valence-corrected chi connectivity index (χ2v) is 8.59. The van der Waals surface area contributed by atoms with E-state index in [0.717, 1.165) is 59.2 Å². The molecule has 2 aliphatic heterocycles. The lowest BCUT2D eigenvalue weighted by molar-refractivity contribution is 0.172. The van der Waals surface area contributed by atoms with Crippen LogP contribution in [0, 0.1) is 0 Å². The lowest BCUT2D eigenvalue weighted by atomic mass is 10.0. The molecule has 0 radical (unpaired) electrons. The Bertz CT molecular complexity index is 838. The first-order valence-electron chi connectivity index (χ1n) is 9.49. The summed E-state index contributed by atoms with van der Waals surface area (Å²) >= 11 is 9.31. The third-order valence-electron chi connectivity index (χ3n) is 5.28. The van der Waals surface area contributed by atoms with Crippen molar-refractivity contribution >= 4 is 38.9 Å². The van der Waals surface area contributed by atoms with Crippen LogP contribution < -0.4 is 14.8 Å². The van der Waals surface area contributed by atoms with E-state index in [1.165, 1.54) is 5.56 Å². The van der Waals surface area contributed by atoms with Crippen molar-refractivity contribution in [2.24, 2.45) is 0 Å². The van der Waals surface area contributed by atoms with Crippen molar-refractivity contribution in [3.63, 3.8) is 0 Å². The van der Waals surface area contributed by atoms with Crippen molar-refractivity contribution in [2.75, 3.05) is 32.2 Å². The Morgan fingerprint density at radius 2 is 1.86 bits per heavy atom. The van der Waals surface area contributed by atoms with Crippen LogP contribution >= 0.6 is 28.1 Å². The van der Waals surface area contributed by atoms with Gasteiger partial charge in [0.15, 0.2) is 16.6 Å². The zero-order valence-electron chi connectivity index (χ0n) is 15.9. The summed E-state index contributed by atoms with van der Waals surface area (Å²) in [6, 6.07) is 14.6. The van der Waals surface area contributed by atoms with Crippen molar-refractivity contribution in [3.05, 3.63) is 52.5 Å². The average molecular weight is 462 g/mol. The van der Waals surface area contributed by atoms with E-state index in [2.05, 4.69) is 50.2 Å². The molecule has 0 atom stereocenters. The van der Waals surface area contributed by atoms with E-state index >= 15 is 0 Å². The van der Waals surface area contributed by atoms with Crippen LogP contribution in [-0.2, 0) is 6.54 Å². The van der Waals surface area contributed by atoms with Gasteiger partial charge in [-0.05, 0) is 87.2 Å². The standard InChI is InChI=1S/C21H24BrN3O2S/c1-24-10-8-18(9-11-24)25(21(28)23-17-5-3-16(22)4-6-17)13-15-2-7-19-20(12-15)27-14-26-19/h2-7,12,18H,8-11,13-14H2,1H3,(H,23,28). The smallest absolute Gasteiger partial charge is 0.231 e. The second kappa shape index (κ2) is 8.68. The monoisotopic (exact) mass is 461 g/mol. The molecule has 2 heterocycles. The number of nitrogens with zero attached hydrogens (tertiary/aromatic N) is 2. The maximum atomic E-state index is 5.83. The van der Waals surface area contributed by atoms with Gasteiger partial charge in [0.2, 0.25) is 6.79 Å². The van der Waals surface area contributed by atoms with Gasteiger partial charge in [0, 0.05) is 22.7 Å². The Morgan fingerprint density at radius 3 is 2.61 bits per heavy atom. The first kappa shape index (κ1) is 19.5. The number of thiocarbonyl (C=S) groups is 1. The highest BCUT2D eigenvalue weighted by molar-refractivity contribution is 9.10. The molecule has 0 unspecified atom stereocenters. The Balaban J connectivity index is 1.52. The number of hydrogen-bond acceptors (Lipinski definition) is 4. The maximum Gasteiger partial charge on any atom is 0.231 e. The number of likely N-dealkylation sites (tertiary alicyclic amines) is 1. The highest BCUT2D eigenvalue weighted by atomic mass is 79.9. The molecule has 148 valence electrons. The molecular formula is C21H24BrN3O2S. The quantitative estimate of drug-likeness (QED) is 0.676. The van der Waals surface area contributed by atoms with Gasteiger partial charge in [0.25, 0.3) is 0 Å². The summed E-state index contributed by atoms with van der Waals surface area (Å²) in [5, 5.41) is 4.18. The molecule has 2 aromatic rings. The predicted molar refractivity (Wildman–Crippen MR) is 119 cm³/mol. The van der Waals surface area contributed by atoms with Crippen molar-refractivity contribution in [1.29, 1.82) is 0 Å². The third kappa shape index (κ3) is 4.59. The number of nitrogens with one attached hydrogen (secondary N) is 1. The minimum absolute atomic E-state index is 0.293. The summed E-state index contributed by atoms with van der Waals surface area (Å²) in [7, 11) is 2.18. The van der Waals surface area contributed by atoms with E-state index < -0.39 is 0 Å². The molecule has 0 aromatic heterocycles. The molecule has 2 aromatic carbocycles. The van der Waals surface area contributed by atoms with Gasteiger partial charge in [0.05, 0.1) is 0 Å². The highest BCUT2D eigenvalue weighted by Gasteiger charge is 2.26. The lowest BCUT2D eigenvalue weighted by Gasteiger charge is -2.39. The first-order valence-corrected chi connectivity index (χ1v) is 10.7. The molecule has 0 amide bonds. The third-order valence-corrected chi connectivity index (χ3v) is 6.14. The van der Waals surface area contributed by atoms with E-state index in [0.29, 0.717) is 12.8 Å². The fraction of sp³-hybridized carbons (Fsp3) is 0.381. The molecule has 1 fully saturated rings. The summed E-state index contributed by atoms with van der Waals surface area (Å²) in [4.78, 5) is 4.70. The number of anilines is 1. The fourth-order valence-corrected chi connectivity index (χ4v) is 4.23. The summed E-state index contributed by atoms with van der Waals surface area (Å²) in [5.41, 5.74) is 2.17. The van der Waals surface area contributed by atoms with Gasteiger partial charge in [0.1, 0.15) is 0 Å². The highest BCUT2D eigenvalue weighted by Crippen LogP contribution is 2.33. The average Bonchev–Trinajstić information content (AvgIpc) is 3.16. The zero-order valence-corrected chi connectivity index (χ0v) is 18.3. The molecule has 4 rings (SSSR count). The summed E-state index contributed by atoms with van der Waals surface area (Å²) in [6.45, 7) is 3.21. The zero-order chi connectivity index (χ0) is 19.5. The molecule has 1 saturated heterocycles. The van der Waals surface area contributed by atoms with Gasteiger partial charge in [-0.15, -0.1) is 0 Å². The van der Waals surface area contributed by atoms with Crippen LogP contribution in [0.5, 0.6) is 11.5 Å². The predicted octanol–water partition coefficient (Wildman–Crippen LogP) is 4.47. The van der Waals surface area contributed by atoms with Gasteiger partial charge < -0.3 is 24.6 Å². The minimum atomic E-state index is 0.293. The van der Waals surface area contributed by atoms with Gasteiger partial charge in [-0.2, -0.15) is 0 Å². The molecule has 7 heteroatoms. The molecule has 0 spiro atoms. The normalized spacial score (nSPS) is 16.8. The molecule has 28 heavy (non-hydrogen) atoms. The Labute approximate surface area is 179 Å². The van der Waals surface area contributed by atoms with Gasteiger partial charge >= 0.3 is 0 Å². The number of rotatable bonds is 4. The molecule has 1 N–H and O–H groups in total. The van der Waals surface area contributed by atoms with Crippen LogP contribution in [0.1, 0.15) is 18.4 Å². The Morgan fingerprint density at radius 1 is 1.14 bits per heavy atom. The van der Waals surface area contributed by atoms with E-state index in [1.54, 1.807) is 0 Å². The number of halogens is 1. The van der Waals surface area contributed by atoms with E-state index in [-0.39, 0.29) is 0 Å². The van der Waals surface area contributed by atoms with Gasteiger partial charge in [-0.1, -0.05) is 22.0 Å². The second-order valence-electron chi connectivity index (χ2n) is 7.29. The first-order chi connectivity index (χ1) is 13.6. The van der Waals surface area contributed by atoms with Crippen molar-refractivity contribution in [3.8, 4) is 11.5 Å². The number of benzene rings is 2. The SMILES string of the molecule is CN1CCC(N(Cc2ccc3c(c2)OCO3)C(=S)Nc2ccc(Br)cc2)CC1.